The molecule has 0 atom stereocenters. The second-order valence-corrected chi connectivity index (χ2v) is 6.30. The summed E-state index contributed by atoms with van der Waals surface area (Å²) in [5.41, 5.74) is 0. The Morgan fingerprint density at radius 1 is 0.667 bits per heavy atom. The maximum absolute atomic E-state index is 11.8. The molecular formula is C12H4Cl4Na2O2S. The summed E-state index contributed by atoms with van der Waals surface area (Å²) in [6.07, 6.45) is 0. The van der Waals surface area contributed by atoms with E-state index in [4.69, 9.17) is 46.4 Å². The zero-order valence-corrected chi connectivity index (χ0v) is 18.9. The Kier molecular flexibility index (Phi) is 10.5. The SMILES string of the molecule is [Na+].[Na+].[O-]c1c(Cl)cc(Cl)cc1Sc1cc(Cl)cc(Cl)c1[O-]. The Labute approximate surface area is 190 Å². The van der Waals surface area contributed by atoms with E-state index in [0.717, 1.165) is 11.8 Å². The van der Waals surface area contributed by atoms with Gasteiger partial charge in [-0.25, -0.2) is 0 Å². The number of rotatable bonds is 2. The van der Waals surface area contributed by atoms with Crippen molar-refractivity contribution in [1.82, 2.24) is 0 Å². The van der Waals surface area contributed by atoms with Gasteiger partial charge in [-0.05, 0) is 24.3 Å². The molecule has 2 aromatic rings. The standard InChI is InChI=1S/C12H6Cl4O2S.2Na/c13-5-1-7(15)11(17)9(3-5)19-10-4-6(14)2-8(16)12(10)18;;/h1-4,17-18H;;/q;2*+1/p-2. The summed E-state index contributed by atoms with van der Waals surface area (Å²) in [7, 11) is 0. The average Bonchev–Trinajstić information content (AvgIpc) is 2.31. The predicted molar refractivity (Wildman–Crippen MR) is 75.9 cm³/mol. The molecule has 0 amide bonds. The third-order valence-electron chi connectivity index (χ3n) is 2.17. The summed E-state index contributed by atoms with van der Waals surface area (Å²) >= 11 is 24.1. The zero-order chi connectivity index (χ0) is 14.2. The molecule has 2 rings (SSSR count). The summed E-state index contributed by atoms with van der Waals surface area (Å²) in [5, 5.41) is 24.3. The molecule has 9 heteroatoms. The molecule has 0 heterocycles. The molecule has 0 aliphatic heterocycles. The zero-order valence-electron chi connectivity index (χ0n) is 11.0. The van der Waals surface area contributed by atoms with Crippen LogP contribution in [0.4, 0.5) is 0 Å². The first kappa shape index (κ1) is 22.6. The van der Waals surface area contributed by atoms with Crippen molar-refractivity contribution in [1.29, 1.82) is 0 Å². The predicted octanol–water partition coefficient (Wildman–Crippen LogP) is -1.39. The second-order valence-electron chi connectivity index (χ2n) is 3.53. The Balaban J connectivity index is 0.00000200. The number of hydrogen-bond acceptors (Lipinski definition) is 3. The second kappa shape index (κ2) is 9.75. The number of halogens is 4. The fourth-order valence-electron chi connectivity index (χ4n) is 1.34. The molecule has 0 fully saturated rings. The molecule has 0 saturated heterocycles. The van der Waals surface area contributed by atoms with E-state index in [-0.39, 0.29) is 79.0 Å². The van der Waals surface area contributed by atoms with Gasteiger partial charge in [-0.15, -0.1) is 0 Å². The van der Waals surface area contributed by atoms with Gasteiger partial charge in [0.2, 0.25) is 0 Å². The summed E-state index contributed by atoms with van der Waals surface area (Å²) in [5.74, 6) is -0.793. The van der Waals surface area contributed by atoms with E-state index in [1.165, 1.54) is 24.3 Å². The molecule has 2 nitrogen and oxygen atoms in total. The van der Waals surface area contributed by atoms with Crippen LogP contribution in [-0.2, 0) is 0 Å². The maximum atomic E-state index is 11.8. The molecule has 0 bridgehead atoms. The van der Waals surface area contributed by atoms with Crippen LogP contribution in [0.3, 0.4) is 0 Å². The first-order chi connectivity index (χ1) is 8.88. The van der Waals surface area contributed by atoms with Crippen LogP contribution >= 0.6 is 58.2 Å². The molecule has 21 heavy (non-hydrogen) atoms. The van der Waals surface area contributed by atoms with Gasteiger partial charge in [0, 0.05) is 29.9 Å². The van der Waals surface area contributed by atoms with E-state index in [1.807, 2.05) is 0 Å². The first-order valence-corrected chi connectivity index (χ1v) is 7.21. The van der Waals surface area contributed by atoms with E-state index in [0.29, 0.717) is 10.0 Å². The van der Waals surface area contributed by atoms with Crippen molar-refractivity contribution in [3.8, 4) is 11.5 Å². The van der Waals surface area contributed by atoms with E-state index in [2.05, 4.69) is 0 Å². The van der Waals surface area contributed by atoms with Crippen LogP contribution in [0.1, 0.15) is 0 Å². The van der Waals surface area contributed by atoms with Crippen LogP contribution in [0, 0.1) is 0 Å². The topological polar surface area (TPSA) is 46.1 Å². The minimum absolute atomic E-state index is 0. The molecule has 100 valence electrons. The van der Waals surface area contributed by atoms with E-state index >= 15 is 0 Å². The average molecular weight is 400 g/mol. The molecule has 0 N–H and O–H groups in total. The van der Waals surface area contributed by atoms with Crippen LogP contribution < -0.4 is 69.3 Å². The van der Waals surface area contributed by atoms with Crippen molar-refractivity contribution in [2.75, 3.05) is 0 Å². The van der Waals surface area contributed by atoms with Gasteiger partial charge in [0.15, 0.2) is 0 Å². The van der Waals surface area contributed by atoms with Gasteiger partial charge in [-0.3, -0.25) is 0 Å². The number of benzene rings is 2. The maximum Gasteiger partial charge on any atom is 1.00 e. The van der Waals surface area contributed by atoms with Crippen LogP contribution in [0.15, 0.2) is 34.1 Å². The summed E-state index contributed by atoms with van der Waals surface area (Å²) in [6.45, 7) is 0. The summed E-state index contributed by atoms with van der Waals surface area (Å²) in [6, 6.07) is 5.57. The molecule has 0 radical (unpaired) electrons. The van der Waals surface area contributed by atoms with Gasteiger partial charge < -0.3 is 10.2 Å². The van der Waals surface area contributed by atoms with Crippen LogP contribution in [0.25, 0.3) is 0 Å². The van der Waals surface area contributed by atoms with Gasteiger partial charge in [-0.2, -0.15) is 0 Å². The van der Waals surface area contributed by atoms with Crippen molar-refractivity contribution in [2.24, 2.45) is 0 Å². The van der Waals surface area contributed by atoms with E-state index < -0.39 is 11.5 Å². The summed E-state index contributed by atoms with van der Waals surface area (Å²) in [4.78, 5) is 0.487. The van der Waals surface area contributed by atoms with Gasteiger partial charge in [0.1, 0.15) is 0 Å². The van der Waals surface area contributed by atoms with Crippen molar-refractivity contribution >= 4 is 58.2 Å². The molecular weight excluding hydrogens is 396 g/mol. The molecule has 0 saturated carbocycles. The largest absolute Gasteiger partial charge is 1.00 e. The summed E-state index contributed by atoms with van der Waals surface area (Å²) < 4.78 is 0. The van der Waals surface area contributed by atoms with Gasteiger partial charge in [0.25, 0.3) is 0 Å². The first-order valence-electron chi connectivity index (χ1n) is 4.88. The fourth-order valence-corrected chi connectivity index (χ4v) is 3.59. The molecule has 0 aromatic heterocycles. The van der Waals surface area contributed by atoms with Crippen LogP contribution in [0.5, 0.6) is 11.5 Å². The monoisotopic (exact) mass is 398 g/mol. The smallest absolute Gasteiger partial charge is 0.871 e. The minimum atomic E-state index is -0.397. The van der Waals surface area contributed by atoms with Crippen LogP contribution in [-0.4, -0.2) is 0 Å². The van der Waals surface area contributed by atoms with Gasteiger partial charge in [-0.1, -0.05) is 69.7 Å². The van der Waals surface area contributed by atoms with Crippen molar-refractivity contribution in [2.45, 2.75) is 9.79 Å². The normalized spacial score (nSPS) is 9.71. The third-order valence-corrected chi connectivity index (χ3v) is 4.21. The van der Waals surface area contributed by atoms with Crippen molar-refractivity contribution < 1.29 is 69.3 Å². The van der Waals surface area contributed by atoms with E-state index in [9.17, 15) is 10.2 Å². The minimum Gasteiger partial charge on any atom is -0.871 e. The van der Waals surface area contributed by atoms with E-state index in [1.54, 1.807) is 0 Å². The Morgan fingerprint density at radius 3 is 1.33 bits per heavy atom. The Bertz CT molecular complexity index is 600. The Hall–Kier alpha value is 1.55. The van der Waals surface area contributed by atoms with Gasteiger partial charge >= 0.3 is 59.1 Å². The molecule has 2 aromatic carbocycles. The molecule has 0 spiro atoms. The van der Waals surface area contributed by atoms with Crippen molar-refractivity contribution in [3.63, 3.8) is 0 Å². The Morgan fingerprint density at radius 2 is 1.00 bits per heavy atom. The molecule has 0 aliphatic carbocycles. The molecule has 0 unspecified atom stereocenters. The quantitative estimate of drug-likeness (QED) is 0.584. The van der Waals surface area contributed by atoms with Crippen LogP contribution in [0.2, 0.25) is 20.1 Å². The third kappa shape index (κ3) is 5.84. The van der Waals surface area contributed by atoms with Gasteiger partial charge in [0.05, 0.1) is 0 Å². The molecule has 0 aliphatic rings. The fraction of sp³-hybridized carbons (Fsp3) is 0. The number of hydrogen-bond donors (Lipinski definition) is 0. The van der Waals surface area contributed by atoms with Crippen molar-refractivity contribution in [3.05, 3.63) is 44.4 Å².